The van der Waals surface area contributed by atoms with Crippen molar-refractivity contribution in [1.82, 2.24) is 24.4 Å². The van der Waals surface area contributed by atoms with E-state index < -0.39 is 0 Å². The third-order valence-electron chi connectivity index (χ3n) is 5.08. The molecule has 1 fully saturated rings. The monoisotopic (exact) mass is 394 g/mol. The highest BCUT2D eigenvalue weighted by Gasteiger charge is 2.19. The van der Waals surface area contributed by atoms with Crippen molar-refractivity contribution in [1.29, 1.82) is 0 Å². The van der Waals surface area contributed by atoms with Gasteiger partial charge in [-0.15, -0.1) is 0 Å². The summed E-state index contributed by atoms with van der Waals surface area (Å²) in [5.74, 6) is 0.632. The maximum absolute atomic E-state index is 11.5. The number of aromatic nitrogens is 4. The number of hydrogen-bond acceptors (Lipinski definition) is 7. The third kappa shape index (κ3) is 4.37. The van der Waals surface area contributed by atoms with Crippen molar-refractivity contribution in [2.75, 3.05) is 31.1 Å². The Morgan fingerprint density at radius 1 is 1.10 bits per heavy atom. The highest BCUT2D eigenvalue weighted by atomic mass is 16.5. The Morgan fingerprint density at radius 3 is 2.62 bits per heavy atom. The molecule has 8 nitrogen and oxygen atoms in total. The molecule has 3 heterocycles. The Balaban J connectivity index is 1.45. The maximum Gasteiger partial charge on any atom is 0.347 e. The van der Waals surface area contributed by atoms with Gasteiger partial charge in [-0.25, -0.2) is 19.7 Å². The predicted octanol–water partition coefficient (Wildman–Crippen LogP) is 1.83. The zero-order valence-corrected chi connectivity index (χ0v) is 17.1. The quantitative estimate of drug-likeness (QED) is 0.653. The molecule has 1 aliphatic rings. The highest BCUT2D eigenvalue weighted by Crippen LogP contribution is 2.28. The molecule has 4 rings (SSSR count). The number of anilines is 1. The van der Waals surface area contributed by atoms with Crippen LogP contribution in [0.25, 0.3) is 10.9 Å². The summed E-state index contributed by atoms with van der Waals surface area (Å²) in [5.41, 5.74) is 2.88. The minimum absolute atomic E-state index is 0.0623. The largest absolute Gasteiger partial charge is 0.474 e. The van der Waals surface area contributed by atoms with Gasteiger partial charge in [0, 0.05) is 63.4 Å². The van der Waals surface area contributed by atoms with Gasteiger partial charge in [0.1, 0.15) is 6.33 Å². The Hall–Kier alpha value is -3.00. The van der Waals surface area contributed by atoms with Crippen molar-refractivity contribution in [2.24, 2.45) is 7.05 Å². The molecule has 152 valence electrons. The lowest BCUT2D eigenvalue weighted by Crippen LogP contribution is -2.46. The molecule has 0 spiro atoms. The summed E-state index contributed by atoms with van der Waals surface area (Å²) in [4.78, 5) is 28.8. The topological polar surface area (TPSA) is 76.4 Å². The van der Waals surface area contributed by atoms with Crippen LogP contribution in [0.2, 0.25) is 0 Å². The Morgan fingerprint density at radius 2 is 1.90 bits per heavy atom. The van der Waals surface area contributed by atoms with Crippen molar-refractivity contribution in [3.63, 3.8) is 0 Å². The third-order valence-corrected chi connectivity index (χ3v) is 5.08. The lowest BCUT2D eigenvalue weighted by molar-refractivity contribution is 0.235. The van der Waals surface area contributed by atoms with E-state index in [4.69, 9.17) is 4.74 Å². The Bertz CT molecular complexity index is 1060. The van der Waals surface area contributed by atoms with Crippen molar-refractivity contribution >= 4 is 16.6 Å². The van der Waals surface area contributed by atoms with Crippen LogP contribution in [-0.4, -0.2) is 56.7 Å². The second-order valence-electron chi connectivity index (χ2n) is 7.67. The molecule has 0 aliphatic carbocycles. The van der Waals surface area contributed by atoms with E-state index in [-0.39, 0.29) is 11.8 Å². The second kappa shape index (κ2) is 8.16. The van der Waals surface area contributed by atoms with Gasteiger partial charge in [-0.3, -0.25) is 4.90 Å². The first kappa shape index (κ1) is 19.3. The van der Waals surface area contributed by atoms with Gasteiger partial charge in [0.25, 0.3) is 0 Å². The van der Waals surface area contributed by atoms with Crippen LogP contribution >= 0.6 is 0 Å². The normalized spacial score (nSPS) is 15.2. The minimum atomic E-state index is -0.223. The number of nitrogens with zero attached hydrogens (tertiary/aromatic N) is 6. The summed E-state index contributed by atoms with van der Waals surface area (Å²) in [5, 5.41) is 0.942. The molecule has 0 N–H and O–H groups in total. The van der Waals surface area contributed by atoms with Crippen LogP contribution < -0.4 is 15.3 Å². The molecule has 1 aromatic carbocycles. The SMILES string of the molecule is CC(C)Oc1ncnc2ccc(N3CCN(Cc4cnc(=O)n(C)c4)CC3)cc12. The number of rotatable bonds is 5. The van der Waals surface area contributed by atoms with Gasteiger partial charge in [0.2, 0.25) is 5.88 Å². The molecule has 3 aromatic rings. The molecular weight excluding hydrogens is 368 g/mol. The first-order chi connectivity index (χ1) is 14.0. The summed E-state index contributed by atoms with van der Waals surface area (Å²) >= 11 is 0. The number of fused-ring (bicyclic) bond motifs is 1. The van der Waals surface area contributed by atoms with E-state index in [0.717, 1.165) is 54.9 Å². The number of benzene rings is 1. The van der Waals surface area contributed by atoms with Crippen molar-refractivity contribution in [2.45, 2.75) is 26.5 Å². The first-order valence-electron chi connectivity index (χ1n) is 9.90. The summed E-state index contributed by atoms with van der Waals surface area (Å²) in [7, 11) is 1.73. The molecule has 2 aromatic heterocycles. The van der Waals surface area contributed by atoms with E-state index in [9.17, 15) is 4.79 Å². The molecule has 0 amide bonds. The summed E-state index contributed by atoms with van der Waals surface area (Å²) < 4.78 is 7.39. The van der Waals surface area contributed by atoms with Crippen LogP contribution in [0.4, 0.5) is 5.69 Å². The van der Waals surface area contributed by atoms with E-state index in [0.29, 0.717) is 5.88 Å². The number of ether oxygens (including phenoxy) is 1. The lowest BCUT2D eigenvalue weighted by atomic mass is 10.1. The average Bonchev–Trinajstić information content (AvgIpc) is 2.71. The smallest absolute Gasteiger partial charge is 0.347 e. The van der Waals surface area contributed by atoms with Crippen LogP contribution in [0.1, 0.15) is 19.4 Å². The minimum Gasteiger partial charge on any atom is -0.474 e. The fraction of sp³-hybridized carbons (Fsp3) is 0.429. The van der Waals surface area contributed by atoms with E-state index >= 15 is 0 Å². The Labute approximate surface area is 169 Å². The fourth-order valence-corrected chi connectivity index (χ4v) is 3.61. The fourth-order valence-electron chi connectivity index (χ4n) is 3.61. The van der Waals surface area contributed by atoms with E-state index in [1.165, 1.54) is 4.57 Å². The highest BCUT2D eigenvalue weighted by molar-refractivity contribution is 5.86. The van der Waals surface area contributed by atoms with Gasteiger partial charge in [-0.2, -0.15) is 0 Å². The molecule has 8 heteroatoms. The van der Waals surface area contributed by atoms with Gasteiger partial charge in [-0.05, 0) is 32.0 Å². The zero-order chi connectivity index (χ0) is 20.4. The molecule has 0 atom stereocenters. The lowest BCUT2D eigenvalue weighted by Gasteiger charge is -2.36. The van der Waals surface area contributed by atoms with Crippen molar-refractivity contribution in [3.05, 3.63) is 53.0 Å². The molecule has 0 unspecified atom stereocenters. The van der Waals surface area contributed by atoms with Crippen LogP contribution in [0.5, 0.6) is 5.88 Å². The van der Waals surface area contributed by atoms with Gasteiger partial charge in [0.15, 0.2) is 0 Å². The molecule has 29 heavy (non-hydrogen) atoms. The van der Waals surface area contributed by atoms with Crippen molar-refractivity contribution < 1.29 is 4.74 Å². The molecule has 0 radical (unpaired) electrons. The number of piperazine rings is 1. The molecule has 0 bridgehead atoms. The van der Waals surface area contributed by atoms with Gasteiger partial charge in [0.05, 0.1) is 17.0 Å². The van der Waals surface area contributed by atoms with E-state index in [1.807, 2.05) is 26.1 Å². The second-order valence-corrected chi connectivity index (χ2v) is 7.67. The van der Waals surface area contributed by atoms with E-state index in [2.05, 4.69) is 36.9 Å². The summed E-state index contributed by atoms with van der Waals surface area (Å²) in [6, 6.07) is 6.27. The molecule has 0 saturated carbocycles. The van der Waals surface area contributed by atoms with Crippen LogP contribution in [-0.2, 0) is 13.6 Å². The van der Waals surface area contributed by atoms with E-state index in [1.54, 1.807) is 19.6 Å². The summed E-state index contributed by atoms with van der Waals surface area (Å²) in [6.07, 6.45) is 5.15. The van der Waals surface area contributed by atoms with Crippen LogP contribution in [0.3, 0.4) is 0 Å². The zero-order valence-electron chi connectivity index (χ0n) is 17.1. The standard InChI is InChI=1S/C21H26N6O2/c1-15(2)29-20-18-10-17(4-5-19(18)23-14-24-20)27-8-6-26(7-9-27)13-16-11-22-21(28)25(3)12-16/h4-5,10-12,14-15H,6-9,13H2,1-3H3. The van der Waals surface area contributed by atoms with Gasteiger partial charge in [-0.1, -0.05) is 0 Å². The first-order valence-corrected chi connectivity index (χ1v) is 9.90. The van der Waals surface area contributed by atoms with Gasteiger partial charge >= 0.3 is 5.69 Å². The van der Waals surface area contributed by atoms with Gasteiger partial charge < -0.3 is 14.2 Å². The van der Waals surface area contributed by atoms with Crippen molar-refractivity contribution in [3.8, 4) is 5.88 Å². The van der Waals surface area contributed by atoms with Crippen LogP contribution in [0.15, 0.2) is 41.7 Å². The predicted molar refractivity (Wildman–Crippen MR) is 112 cm³/mol. The molecular formula is C21H26N6O2. The molecule has 1 saturated heterocycles. The van der Waals surface area contributed by atoms with Crippen LogP contribution in [0, 0.1) is 0 Å². The summed E-state index contributed by atoms with van der Waals surface area (Å²) in [6.45, 7) is 8.54. The number of aryl methyl sites for hydroxylation is 1. The number of hydrogen-bond donors (Lipinski definition) is 0. The Kier molecular flexibility index (Phi) is 5.44. The maximum atomic E-state index is 11.5. The molecule has 1 aliphatic heterocycles. The average molecular weight is 394 g/mol.